The number of hydrogen-bond acceptors (Lipinski definition) is 6. The van der Waals surface area contributed by atoms with Crippen LogP contribution in [-0.4, -0.2) is 54.3 Å². The second-order valence-corrected chi connectivity index (χ2v) is 13.1. The van der Waals surface area contributed by atoms with Gasteiger partial charge in [0.05, 0.1) is 19.6 Å². The Balaban J connectivity index is 1.19. The molecule has 1 aromatic heterocycles. The van der Waals surface area contributed by atoms with Crippen molar-refractivity contribution in [3.63, 3.8) is 0 Å². The van der Waals surface area contributed by atoms with E-state index in [4.69, 9.17) is 9.47 Å². The minimum absolute atomic E-state index is 0.0278. The van der Waals surface area contributed by atoms with E-state index in [1.165, 1.54) is 16.8 Å². The summed E-state index contributed by atoms with van der Waals surface area (Å²) in [5.41, 5.74) is 5.49. The predicted molar refractivity (Wildman–Crippen MR) is 153 cm³/mol. The van der Waals surface area contributed by atoms with Gasteiger partial charge in [0.15, 0.2) is 0 Å². The molecule has 3 heterocycles. The lowest BCUT2D eigenvalue weighted by Crippen LogP contribution is -2.36. The lowest BCUT2D eigenvalue weighted by atomic mass is 9.84. The number of nitrogens with zero attached hydrogens (tertiary/aromatic N) is 3. The van der Waals surface area contributed by atoms with Gasteiger partial charge in [-0.05, 0) is 77.7 Å². The Morgan fingerprint density at radius 2 is 1.87 bits per heavy atom. The molecule has 0 unspecified atom stereocenters. The van der Waals surface area contributed by atoms with Crippen molar-refractivity contribution in [2.75, 3.05) is 38.3 Å². The van der Waals surface area contributed by atoms with Gasteiger partial charge in [-0.15, -0.1) is 0 Å². The molecule has 5 rings (SSSR count). The number of carbonyl (C=O) groups is 1. The molecule has 212 valence electrons. The molecule has 1 saturated carbocycles. The van der Waals surface area contributed by atoms with Crippen LogP contribution in [0, 0.1) is 23.2 Å². The summed E-state index contributed by atoms with van der Waals surface area (Å²) in [6, 6.07) is 8.37. The standard InChI is InChI=1S/C32H45N3O4/c1-21(31(36)37)30(23-6-7-23)24-8-11-33-29(15-24)39-19-22-9-12-35(13-10-22)28-16-26(38-5)14-25-17-34(18-27(25)28)20-32(2,3)4/h8,11,14-16,21-23,30H,6-7,9-10,12-13,17-20H2,1-5H3,(H,36,37)/t21-,30-/m0/s1. The zero-order valence-corrected chi connectivity index (χ0v) is 24.3. The van der Waals surface area contributed by atoms with E-state index < -0.39 is 11.9 Å². The van der Waals surface area contributed by atoms with E-state index in [1.54, 1.807) is 13.3 Å². The number of carboxylic acids is 1. The van der Waals surface area contributed by atoms with Crippen LogP contribution in [0.15, 0.2) is 30.5 Å². The Morgan fingerprint density at radius 3 is 2.51 bits per heavy atom. The van der Waals surface area contributed by atoms with Gasteiger partial charge in [0.25, 0.3) is 0 Å². The van der Waals surface area contributed by atoms with Gasteiger partial charge in [0, 0.05) is 56.7 Å². The number of rotatable bonds is 10. The summed E-state index contributed by atoms with van der Waals surface area (Å²) in [6.07, 6.45) is 6.11. The molecule has 0 bridgehead atoms. The van der Waals surface area contributed by atoms with Crippen molar-refractivity contribution in [3.8, 4) is 11.6 Å². The first-order chi connectivity index (χ1) is 18.6. The second-order valence-electron chi connectivity index (χ2n) is 13.1. The summed E-state index contributed by atoms with van der Waals surface area (Å²) in [5.74, 6) is 1.37. The lowest BCUT2D eigenvalue weighted by Gasteiger charge is -2.35. The Morgan fingerprint density at radius 1 is 1.13 bits per heavy atom. The number of benzene rings is 1. The van der Waals surface area contributed by atoms with E-state index in [0.29, 0.717) is 24.3 Å². The second kappa shape index (κ2) is 11.4. The molecule has 0 radical (unpaired) electrons. The number of fused-ring (bicyclic) bond motifs is 1. The van der Waals surface area contributed by atoms with Crippen LogP contribution in [0.3, 0.4) is 0 Å². The average molecular weight is 536 g/mol. The van der Waals surface area contributed by atoms with Crippen molar-refractivity contribution >= 4 is 11.7 Å². The van der Waals surface area contributed by atoms with E-state index >= 15 is 0 Å². The zero-order chi connectivity index (χ0) is 27.7. The normalized spacial score (nSPS) is 20.0. The minimum atomic E-state index is -0.735. The van der Waals surface area contributed by atoms with Crippen LogP contribution in [0.2, 0.25) is 0 Å². The van der Waals surface area contributed by atoms with Crippen LogP contribution in [0.25, 0.3) is 0 Å². The number of pyridine rings is 1. The molecular formula is C32H45N3O4. The van der Waals surface area contributed by atoms with E-state index in [0.717, 1.165) is 69.7 Å². The molecule has 1 aliphatic carbocycles. The molecule has 1 N–H and O–H groups in total. The number of methoxy groups -OCH3 is 1. The van der Waals surface area contributed by atoms with Gasteiger partial charge in [0.2, 0.25) is 5.88 Å². The highest BCUT2D eigenvalue weighted by atomic mass is 16.5. The molecule has 0 spiro atoms. The van der Waals surface area contributed by atoms with E-state index in [2.05, 4.69) is 47.7 Å². The van der Waals surface area contributed by atoms with Gasteiger partial charge in [-0.1, -0.05) is 27.7 Å². The quantitative estimate of drug-likeness (QED) is 0.402. The highest BCUT2D eigenvalue weighted by molar-refractivity contribution is 5.71. The van der Waals surface area contributed by atoms with Gasteiger partial charge in [-0.3, -0.25) is 9.69 Å². The number of piperidine rings is 1. The molecule has 2 atom stereocenters. The van der Waals surface area contributed by atoms with Crippen molar-refractivity contribution < 1.29 is 19.4 Å². The highest BCUT2D eigenvalue weighted by Gasteiger charge is 2.39. The third-order valence-electron chi connectivity index (χ3n) is 8.63. The fraction of sp³-hybridized carbons (Fsp3) is 0.625. The van der Waals surface area contributed by atoms with Crippen LogP contribution < -0.4 is 14.4 Å². The Bertz CT molecular complexity index is 1160. The summed E-state index contributed by atoms with van der Waals surface area (Å²) >= 11 is 0. The molecular weight excluding hydrogens is 490 g/mol. The van der Waals surface area contributed by atoms with Crippen LogP contribution in [0.1, 0.15) is 76.0 Å². The first-order valence-electron chi connectivity index (χ1n) is 14.6. The van der Waals surface area contributed by atoms with Crippen LogP contribution in [0.4, 0.5) is 5.69 Å². The maximum Gasteiger partial charge on any atom is 0.306 e. The van der Waals surface area contributed by atoms with Crippen LogP contribution in [0.5, 0.6) is 11.6 Å². The maximum absolute atomic E-state index is 11.7. The monoisotopic (exact) mass is 535 g/mol. The summed E-state index contributed by atoms with van der Waals surface area (Å²) in [6.45, 7) is 14.4. The number of carboxylic acid groups (broad SMARTS) is 1. The molecule has 1 saturated heterocycles. The Hall–Kier alpha value is -2.80. The molecule has 2 fully saturated rings. The molecule has 7 nitrogen and oxygen atoms in total. The topological polar surface area (TPSA) is 75.1 Å². The average Bonchev–Trinajstić information content (AvgIpc) is 3.65. The van der Waals surface area contributed by atoms with Gasteiger partial charge in [-0.2, -0.15) is 0 Å². The van der Waals surface area contributed by atoms with E-state index in [1.807, 2.05) is 19.1 Å². The number of aromatic nitrogens is 1. The van der Waals surface area contributed by atoms with Gasteiger partial charge in [-0.25, -0.2) is 4.98 Å². The van der Waals surface area contributed by atoms with E-state index in [-0.39, 0.29) is 11.3 Å². The summed E-state index contributed by atoms with van der Waals surface area (Å²) < 4.78 is 11.9. The highest BCUT2D eigenvalue weighted by Crippen LogP contribution is 2.47. The van der Waals surface area contributed by atoms with Crippen molar-refractivity contribution in [2.45, 2.75) is 72.4 Å². The predicted octanol–water partition coefficient (Wildman–Crippen LogP) is 5.96. The fourth-order valence-corrected chi connectivity index (χ4v) is 6.55. The summed E-state index contributed by atoms with van der Waals surface area (Å²) in [5, 5.41) is 9.62. The Labute approximate surface area is 233 Å². The largest absolute Gasteiger partial charge is 0.497 e. The number of anilines is 1. The summed E-state index contributed by atoms with van der Waals surface area (Å²) in [4.78, 5) is 21.2. The number of aliphatic carboxylic acids is 1. The molecule has 0 amide bonds. The minimum Gasteiger partial charge on any atom is -0.497 e. The third-order valence-corrected chi connectivity index (χ3v) is 8.63. The van der Waals surface area contributed by atoms with Crippen molar-refractivity contribution in [1.82, 2.24) is 9.88 Å². The first kappa shape index (κ1) is 27.8. The SMILES string of the molecule is COc1cc2c(c(N3CCC(COc4cc([C@H](C5CC5)[C@H](C)C(=O)O)ccn4)CC3)c1)CN(CC(C)(C)C)C2. The first-order valence-corrected chi connectivity index (χ1v) is 14.6. The van der Waals surface area contributed by atoms with E-state index in [9.17, 15) is 9.90 Å². The maximum atomic E-state index is 11.7. The third kappa shape index (κ3) is 6.68. The molecule has 2 aliphatic heterocycles. The van der Waals surface area contributed by atoms with Crippen molar-refractivity contribution in [2.24, 2.45) is 23.2 Å². The molecule has 39 heavy (non-hydrogen) atoms. The van der Waals surface area contributed by atoms with Gasteiger partial charge in [0.1, 0.15) is 5.75 Å². The van der Waals surface area contributed by atoms with Gasteiger partial charge >= 0.3 is 5.97 Å². The molecule has 2 aromatic rings. The zero-order valence-electron chi connectivity index (χ0n) is 24.3. The van der Waals surface area contributed by atoms with Gasteiger partial charge < -0.3 is 19.5 Å². The number of hydrogen-bond donors (Lipinski definition) is 1. The fourth-order valence-electron chi connectivity index (χ4n) is 6.55. The molecule has 7 heteroatoms. The van der Waals surface area contributed by atoms with Crippen molar-refractivity contribution in [1.29, 1.82) is 0 Å². The lowest BCUT2D eigenvalue weighted by molar-refractivity contribution is -0.142. The molecule has 3 aliphatic rings. The number of ether oxygens (including phenoxy) is 2. The molecule has 1 aromatic carbocycles. The summed E-state index contributed by atoms with van der Waals surface area (Å²) in [7, 11) is 1.76. The van der Waals surface area contributed by atoms with Crippen LogP contribution in [-0.2, 0) is 17.9 Å². The Kier molecular flexibility index (Phi) is 8.08. The van der Waals surface area contributed by atoms with Crippen molar-refractivity contribution in [3.05, 3.63) is 47.2 Å². The van der Waals surface area contributed by atoms with Crippen LogP contribution >= 0.6 is 0 Å². The smallest absolute Gasteiger partial charge is 0.306 e.